The molecule has 0 saturated carbocycles. The van der Waals surface area contributed by atoms with Gasteiger partial charge in [0.25, 0.3) is 0 Å². The number of anilines is 2. The van der Waals surface area contributed by atoms with Crippen molar-refractivity contribution in [2.24, 2.45) is 0 Å². The van der Waals surface area contributed by atoms with Gasteiger partial charge in [0.2, 0.25) is 10.0 Å². The summed E-state index contributed by atoms with van der Waals surface area (Å²) in [7, 11) is -3.44. The third-order valence-electron chi connectivity index (χ3n) is 3.45. The van der Waals surface area contributed by atoms with Gasteiger partial charge >= 0.3 is 0 Å². The lowest BCUT2D eigenvalue weighted by atomic mass is 10.2. The van der Waals surface area contributed by atoms with Crippen molar-refractivity contribution in [3.05, 3.63) is 18.2 Å². The molecule has 6 heteroatoms. The fourth-order valence-corrected chi connectivity index (χ4v) is 3.75. The Balaban J connectivity index is 3.21. The topological polar surface area (TPSA) is 66.6 Å². The van der Waals surface area contributed by atoms with Crippen LogP contribution in [-0.4, -0.2) is 38.9 Å². The third kappa shape index (κ3) is 3.24. The third-order valence-corrected chi connectivity index (χ3v) is 5.49. The summed E-state index contributed by atoms with van der Waals surface area (Å²) in [5, 5.41) is 0. The fourth-order valence-electron chi connectivity index (χ4n) is 2.26. The first-order valence-electron chi connectivity index (χ1n) is 7.06. The van der Waals surface area contributed by atoms with E-state index >= 15 is 0 Å². The molecule has 1 aromatic rings. The molecular formula is C14H25N3O2S. The van der Waals surface area contributed by atoms with Crippen LogP contribution in [0.4, 0.5) is 11.4 Å². The number of hydrogen-bond acceptors (Lipinski definition) is 4. The van der Waals surface area contributed by atoms with E-state index in [0.717, 1.165) is 18.8 Å². The van der Waals surface area contributed by atoms with Gasteiger partial charge in [-0.25, -0.2) is 8.42 Å². The minimum Gasteiger partial charge on any atom is -0.397 e. The maximum absolute atomic E-state index is 12.4. The van der Waals surface area contributed by atoms with Gasteiger partial charge in [0.05, 0.1) is 16.3 Å². The quantitative estimate of drug-likeness (QED) is 0.783. The summed E-state index contributed by atoms with van der Waals surface area (Å²) in [6.07, 6.45) is 0. The van der Waals surface area contributed by atoms with Gasteiger partial charge in [-0.3, -0.25) is 0 Å². The Morgan fingerprint density at radius 2 is 1.55 bits per heavy atom. The van der Waals surface area contributed by atoms with Gasteiger partial charge in [-0.2, -0.15) is 4.31 Å². The number of nitrogens with zero attached hydrogens (tertiary/aromatic N) is 2. The molecule has 5 nitrogen and oxygen atoms in total. The molecular weight excluding hydrogens is 274 g/mol. The van der Waals surface area contributed by atoms with Gasteiger partial charge < -0.3 is 10.6 Å². The lowest BCUT2D eigenvalue weighted by Gasteiger charge is -2.24. The van der Waals surface area contributed by atoms with Crippen molar-refractivity contribution in [3.8, 4) is 0 Å². The lowest BCUT2D eigenvalue weighted by molar-refractivity contribution is 0.445. The van der Waals surface area contributed by atoms with E-state index in [1.54, 1.807) is 18.2 Å². The van der Waals surface area contributed by atoms with Gasteiger partial charge in [0.1, 0.15) is 0 Å². The van der Waals surface area contributed by atoms with Gasteiger partial charge in [0.15, 0.2) is 0 Å². The molecule has 114 valence electrons. The van der Waals surface area contributed by atoms with Gasteiger partial charge in [-0.05, 0) is 32.0 Å². The highest BCUT2D eigenvalue weighted by Crippen LogP contribution is 2.27. The molecule has 20 heavy (non-hydrogen) atoms. The highest BCUT2D eigenvalue weighted by molar-refractivity contribution is 7.89. The van der Waals surface area contributed by atoms with Crippen molar-refractivity contribution in [2.45, 2.75) is 32.6 Å². The molecule has 0 aromatic heterocycles. The van der Waals surface area contributed by atoms with E-state index in [0.29, 0.717) is 18.8 Å². The molecule has 0 aliphatic heterocycles. The Labute approximate surface area is 122 Å². The van der Waals surface area contributed by atoms with Crippen LogP contribution in [0.5, 0.6) is 0 Å². The molecule has 1 rings (SSSR count). The summed E-state index contributed by atoms with van der Waals surface area (Å²) in [5.74, 6) is 0. The Morgan fingerprint density at radius 3 is 1.95 bits per heavy atom. The van der Waals surface area contributed by atoms with Crippen LogP contribution in [0.3, 0.4) is 0 Å². The zero-order chi connectivity index (χ0) is 15.3. The minimum absolute atomic E-state index is 0.259. The van der Waals surface area contributed by atoms with Crippen molar-refractivity contribution in [1.82, 2.24) is 4.31 Å². The smallest absolute Gasteiger partial charge is 0.243 e. The maximum Gasteiger partial charge on any atom is 0.243 e. The monoisotopic (exact) mass is 299 g/mol. The Bertz CT molecular complexity index is 535. The van der Waals surface area contributed by atoms with E-state index < -0.39 is 10.0 Å². The first-order valence-corrected chi connectivity index (χ1v) is 8.50. The number of sulfonamides is 1. The van der Waals surface area contributed by atoms with E-state index in [-0.39, 0.29) is 4.90 Å². The molecule has 0 unspecified atom stereocenters. The van der Waals surface area contributed by atoms with Crippen LogP contribution in [0.15, 0.2) is 23.1 Å². The van der Waals surface area contributed by atoms with Crippen LogP contribution in [0.25, 0.3) is 0 Å². The van der Waals surface area contributed by atoms with Crippen LogP contribution in [-0.2, 0) is 10.0 Å². The molecule has 0 aliphatic carbocycles. The molecule has 0 atom stereocenters. The van der Waals surface area contributed by atoms with Crippen LogP contribution in [0, 0.1) is 0 Å². The summed E-state index contributed by atoms with van der Waals surface area (Å²) < 4.78 is 26.3. The van der Waals surface area contributed by atoms with Gasteiger partial charge in [-0.15, -0.1) is 0 Å². The van der Waals surface area contributed by atoms with Crippen LogP contribution < -0.4 is 10.6 Å². The average molecular weight is 299 g/mol. The first kappa shape index (κ1) is 16.8. The van der Waals surface area contributed by atoms with Crippen LogP contribution in [0.2, 0.25) is 0 Å². The molecule has 0 heterocycles. The number of rotatable bonds is 7. The van der Waals surface area contributed by atoms with E-state index in [1.807, 2.05) is 27.7 Å². The van der Waals surface area contributed by atoms with Crippen molar-refractivity contribution < 1.29 is 8.42 Å². The molecule has 0 saturated heterocycles. The largest absolute Gasteiger partial charge is 0.397 e. The predicted octanol–water partition coefficient (Wildman–Crippen LogP) is 2.15. The summed E-state index contributed by atoms with van der Waals surface area (Å²) >= 11 is 0. The fraction of sp³-hybridized carbons (Fsp3) is 0.571. The molecule has 1 aromatic carbocycles. The van der Waals surface area contributed by atoms with Gasteiger partial charge in [-0.1, -0.05) is 13.8 Å². The number of hydrogen-bond donors (Lipinski definition) is 1. The number of nitrogen functional groups attached to an aromatic ring is 1. The van der Waals surface area contributed by atoms with Crippen molar-refractivity contribution in [3.63, 3.8) is 0 Å². The van der Waals surface area contributed by atoms with E-state index in [2.05, 4.69) is 4.90 Å². The average Bonchev–Trinajstić information content (AvgIpc) is 2.42. The molecule has 0 aliphatic rings. The SMILES string of the molecule is CCN(CC)c1ccc(S(=O)(=O)N(CC)CC)cc1N. The van der Waals surface area contributed by atoms with Crippen molar-refractivity contribution in [2.75, 3.05) is 36.8 Å². The molecule has 0 radical (unpaired) electrons. The van der Waals surface area contributed by atoms with Crippen LogP contribution >= 0.6 is 0 Å². The first-order chi connectivity index (χ1) is 9.42. The lowest BCUT2D eigenvalue weighted by Crippen LogP contribution is -2.30. The minimum atomic E-state index is -3.44. The molecule has 0 amide bonds. The standard InChI is InChI=1S/C14H25N3O2S/c1-5-16(6-2)14-10-9-12(11-13(14)15)20(18,19)17(7-3)8-4/h9-11H,5-8,15H2,1-4H3. The number of nitrogens with two attached hydrogens (primary N) is 1. The van der Waals surface area contributed by atoms with E-state index in [1.165, 1.54) is 4.31 Å². The highest BCUT2D eigenvalue weighted by Gasteiger charge is 2.22. The molecule has 2 N–H and O–H groups in total. The zero-order valence-corrected chi connectivity index (χ0v) is 13.6. The second-order valence-electron chi connectivity index (χ2n) is 4.48. The Kier molecular flexibility index (Phi) is 5.83. The van der Waals surface area contributed by atoms with Gasteiger partial charge in [0, 0.05) is 26.2 Å². The summed E-state index contributed by atoms with van der Waals surface area (Å²) in [4.78, 5) is 2.36. The zero-order valence-electron chi connectivity index (χ0n) is 12.8. The molecule has 0 fully saturated rings. The normalized spacial score (nSPS) is 11.8. The summed E-state index contributed by atoms with van der Waals surface area (Å²) in [6, 6.07) is 4.98. The highest BCUT2D eigenvalue weighted by atomic mass is 32.2. The second-order valence-corrected chi connectivity index (χ2v) is 6.42. The predicted molar refractivity (Wildman–Crippen MR) is 84.5 cm³/mol. The second kappa shape index (κ2) is 6.95. The summed E-state index contributed by atoms with van der Waals surface area (Å²) in [6.45, 7) is 10.3. The number of benzene rings is 1. The van der Waals surface area contributed by atoms with Crippen LogP contribution in [0.1, 0.15) is 27.7 Å². The molecule has 0 bridgehead atoms. The van der Waals surface area contributed by atoms with Crippen molar-refractivity contribution >= 4 is 21.4 Å². The Hall–Kier alpha value is -1.27. The van der Waals surface area contributed by atoms with E-state index in [9.17, 15) is 8.42 Å². The maximum atomic E-state index is 12.4. The van der Waals surface area contributed by atoms with Crippen molar-refractivity contribution in [1.29, 1.82) is 0 Å². The Morgan fingerprint density at radius 1 is 1.00 bits per heavy atom. The van der Waals surface area contributed by atoms with E-state index in [4.69, 9.17) is 5.73 Å². The summed E-state index contributed by atoms with van der Waals surface area (Å²) in [5.41, 5.74) is 7.41. The molecule has 0 spiro atoms.